The van der Waals surface area contributed by atoms with Crippen LogP contribution in [0.2, 0.25) is 5.02 Å². The summed E-state index contributed by atoms with van der Waals surface area (Å²) in [6, 6.07) is 1.77. The Balaban J connectivity index is 2.23. The summed E-state index contributed by atoms with van der Waals surface area (Å²) < 4.78 is 3.65. The molecule has 0 spiro atoms. The smallest absolute Gasteiger partial charge is 0.0847 e. The van der Waals surface area contributed by atoms with Crippen molar-refractivity contribution in [2.45, 2.75) is 32.9 Å². The van der Waals surface area contributed by atoms with Crippen LogP contribution >= 0.6 is 11.6 Å². The second-order valence-corrected chi connectivity index (χ2v) is 4.76. The Morgan fingerprint density at radius 3 is 2.72 bits per heavy atom. The first-order chi connectivity index (χ1) is 8.52. The van der Waals surface area contributed by atoms with Crippen LogP contribution in [0.25, 0.3) is 0 Å². The van der Waals surface area contributed by atoms with Gasteiger partial charge < -0.3 is 5.73 Å². The van der Waals surface area contributed by atoms with Gasteiger partial charge >= 0.3 is 0 Å². The average molecular weight is 268 g/mol. The van der Waals surface area contributed by atoms with Crippen LogP contribution in [0.5, 0.6) is 0 Å². The molecule has 18 heavy (non-hydrogen) atoms. The number of aromatic nitrogens is 4. The Kier molecular flexibility index (Phi) is 3.73. The van der Waals surface area contributed by atoms with E-state index in [0.717, 1.165) is 23.6 Å². The lowest BCUT2D eigenvalue weighted by Crippen LogP contribution is -2.17. The van der Waals surface area contributed by atoms with Crippen molar-refractivity contribution in [1.82, 2.24) is 19.6 Å². The van der Waals surface area contributed by atoms with E-state index in [-0.39, 0.29) is 6.04 Å². The largest absolute Gasteiger partial charge is 0.322 e. The summed E-state index contributed by atoms with van der Waals surface area (Å²) >= 11 is 6.26. The van der Waals surface area contributed by atoms with Crippen molar-refractivity contribution < 1.29 is 0 Å². The summed E-state index contributed by atoms with van der Waals surface area (Å²) in [6.07, 6.45) is 2.53. The van der Waals surface area contributed by atoms with Gasteiger partial charge in [-0.15, -0.1) is 0 Å². The maximum atomic E-state index is 6.26. The molecular formula is C12H18ClN5. The van der Waals surface area contributed by atoms with Gasteiger partial charge in [0.25, 0.3) is 0 Å². The van der Waals surface area contributed by atoms with Crippen molar-refractivity contribution in [1.29, 1.82) is 0 Å². The molecule has 98 valence electrons. The summed E-state index contributed by atoms with van der Waals surface area (Å²) in [4.78, 5) is 0. The molecule has 0 aromatic carbocycles. The molecule has 0 aliphatic heterocycles. The Morgan fingerprint density at radius 2 is 2.17 bits per heavy atom. The molecule has 0 amide bonds. The minimum absolute atomic E-state index is 0.162. The van der Waals surface area contributed by atoms with Crippen LogP contribution in [-0.2, 0) is 20.0 Å². The Bertz CT molecular complexity index is 543. The first-order valence-corrected chi connectivity index (χ1v) is 6.37. The quantitative estimate of drug-likeness (QED) is 0.919. The van der Waals surface area contributed by atoms with Gasteiger partial charge in [0, 0.05) is 26.2 Å². The third kappa shape index (κ3) is 2.42. The number of hydrogen-bond donors (Lipinski definition) is 1. The van der Waals surface area contributed by atoms with E-state index in [0.29, 0.717) is 11.4 Å². The third-order valence-corrected chi connectivity index (χ3v) is 3.47. The van der Waals surface area contributed by atoms with Crippen molar-refractivity contribution in [3.8, 4) is 0 Å². The first kappa shape index (κ1) is 13.1. The minimum Gasteiger partial charge on any atom is -0.322 e. The van der Waals surface area contributed by atoms with Crippen molar-refractivity contribution in [2.24, 2.45) is 12.8 Å². The van der Waals surface area contributed by atoms with Crippen LogP contribution in [0.1, 0.15) is 30.0 Å². The molecule has 0 bridgehead atoms. The molecule has 5 nitrogen and oxygen atoms in total. The van der Waals surface area contributed by atoms with Gasteiger partial charge in [0.05, 0.1) is 28.1 Å². The molecule has 2 aromatic rings. The van der Waals surface area contributed by atoms with Crippen LogP contribution in [-0.4, -0.2) is 19.6 Å². The molecule has 2 N–H and O–H groups in total. The Hall–Kier alpha value is -1.33. The second-order valence-electron chi connectivity index (χ2n) is 4.39. The van der Waals surface area contributed by atoms with E-state index in [2.05, 4.69) is 10.2 Å². The topological polar surface area (TPSA) is 61.7 Å². The lowest BCUT2D eigenvalue weighted by molar-refractivity contribution is 0.577. The first-order valence-electron chi connectivity index (χ1n) is 5.99. The van der Waals surface area contributed by atoms with Gasteiger partial charge in [-0.25, -0.2) is 0 Å². The van der Waals surface area contributed by atoms with Gasteiger partial charge in [0.15, 0.2) is 0 Å². The molecular weight excluding hydrogens is 250 g/mol. The van der Waals surface area contributed by atoms with Crippen LogP contribution in [0, 0.1) is 6.92 Å². The molecule has 0 fully saturated rings. The summed E-state index contributed by atoms with van der Waals surface area (Å²) in [5, 5.41) is 9.41. The summed E-state index contributed by atoms with van der Waals surface area (Å²) in [5.74, 6) is 0. The second kappa shape index (κ2) is 5.12. The van der Waals surface area contributed by atoms with E-state index in [1.165, 1.54) is 0 Å². The molecule has 0 saturated carbocycles. The highest BCUT2D eigenvalue weighted by molar-refractivity contribution is 6.31. The molecule has 2 rings (SSSR count). The predicted molar refractivity (Wildman–Crippen MR) is 71.5 cm³/mol. The van der Waals surface area contributed by atoms with E-state index in [9.17, 15) is 0 Å². The molecule has 6 heteroatoms. The van der Waals surface area contributed by atoms with Crippen molar-refractivity contribution >= 4 is 11.6 Å². The van der Waals surface area contributed by atoms with E-state index >= 15 is 0 Å². The molecule has 0 aliphatic carbocycles. The number of rotatable bonds is 4. The molecule has 2 aromatic heterocycles. The third-order valence-electron chi connectivity index (χ3n) is 2.98. The zero-order valence-corrected chi connectivity index (χ0v) is 11.6. The van der Waals surface area contributed by atoms with Gasteiger partial charge in [-0.2, -0.15) is 10.2 Å². The van der Waals surface area contributed by atoms with Crippen LogP contribution in [0.3, 0.4) is 0 Å². The van der Waals surface area contributed by atoms with Crippen LogP contribution in [0.4, 0.5) is 0 Å². The van der Waals surface area contributed by atoms with Crippen molar-refractivity contribution in [2.75, 3.05) is 0 Å². The fraction of sp³-hybridized carbons (Fsp3) is 0.500. The van der Waals surface area contributed by atoms with E-state index < -0.39 is 0 Å². The summed E-state index contributed by atoms with van der Waals surface area (Å²) in [5.41, 5.74) is 8.87. The number of aryl methyl sites for hydroxylation is 3. The molecule has 1 atom stereocenters. The standard InChI is InChI=1S/C12H18ClN5/c1-4-18-11(12(13)8(2)15-18)7-9(14)10-5-6-17(3)16-10/h5-6,9H,4,7,14H2,1-3H3. The molecule has 1 unspecified atom stereocenters. The summed E-state index contributed by atoms with van der Waals surface area (Å²) in [7, 11) is 1.88. The zero-order valence-electron chi connectivity index (χ0n) is 10.9. The fourth-order valence-electron chi connectivity index (χ4n) is 2.01. The molecule has 0 saturated heterocycles. The molecule has 0 aliphatic rings. The maximum absolute atomic E-state index is 6.26. The normalized spacial score (nSPS) is 12.9. The summed E-state index contributed by atoms with van der Waals surface area (Å²) in [6.45, 7) is 4.74. The number of nitrogens with two attached hydrogens (primary N) is 1. The number of hydrogen-bond acceptors (Lipinski definition) is 3. The monoisotopic (exact) mass is 267 g/mol. The highest BCUT2D eigenvalue weighted by atomic mass is 35.5. The maximum Gasteiger partial charge on any atom is 0.0847 e. The molecule has 2 heterocycles. The lowest BCUT2D eigenvalue weighted by atomic mass is 10.1. The van der Waals surface area contributed by atoms with E-state index in [1.54, 1.807) is 4.68 Å². The van der Waals surface area contributed by atoms with Crippen LogP contribution in [0.15, 0.2) is 12.3 Å². The van der Waals surface area contributed by atoms with Crippen molar-refractivity contribution in [3.05, 3.63) is 34.4 Å². The van der Waals surface area contributed by atoms with Gasteiger partial charge in [-0.05, 0) is 19.9 Å². The fourth-order valence-corrected chi connectivity index (χ4v) is 2.22. The van der Waals surface area contributed by atoms with E-state index in [1.807, 2.05) is 37.8 Å². The lowest BCUT2D eigenvalue weighted by Gasteiger charge is -2.10. The predicted octanol–water partition coefficient (Wildman–Crippen LogP) is 1.84. The van der Waals surface area contributed by atoms with Gasteiger partial charge in [0.2, 0.25) is 0 Å². The number of halogens is 1. The van der Waals surface area contributed by atoms with Gasteiger partial charge in [-0.1, -0.05) is 11.6 Å². The highest BCUT2D eigenvalue weighted by Crippen LogP contribution is 2.24. The Labute approximate surface area is 112 Å². The van der Waals surface area contributed by atoms with Crippen molar-refractivity contribution in [3.63, 3.8) is 0 Å². The van der Waals surface area contributed by atoms with Gasteiger partial charge in [0.1, 0.15) is 0 Å². The zero-order chi connectivity index (χ0) is 13.3. The van der Waals surface area contributed by atoms with E-state index in [4.69, 9.17) is 17.3 Å². The Morgan fingerprint density at radius 1 is 1.44 bits per heavy atom. The SMILES string of the molecule is CCn1nc(C)c(Cl)c1CC(N)c1ccn(C)n1. The molecule has 0 radical (unpaired) electrons. The highest BCUT2D eigenvalue weighted by Gasteiger charge is 2.17. The average Bonchev–Trinajstić information content (AvgIpc) is 2.88. The minimum atomic E-state index is -0.162. The van der Waals surface area contributed by atoms with Crippen LogP contribution < -0.4 is 5.73 Å². The number of nitrogens with zero attached hydrogens (tertiary/aromatic N) is 4. The van der Waals surface area contributed by atoms with Gasteiger partial charge in [-0.3, -0.25) is 9.36 Å².